The largest absolute Gasteiger partial charge is 0.393 e. The summed E-state index contributed by atoms with van der Waals surface area (Å²) >= 11 is 0. The van der Waals surface area contributed by atoms with Crippen molar-refractivity contribution in [2.75, 3.05) is 0 Å². The van der Waals surface area contributed by atoms with Gasteiger partial charge in [-0.15, -0.1) is 6.58 Å². The zero-order chi connectivity index (χ0) is 7.07. The van der Waals surface area contributed by atoms with Crippen molar-refractivity contribution in [1.29, 1.82) is 0 Å². The smallest absolute Gasteiger partial charge is 0.0571 e. The first-order valence-electron chi connectivity index (χ1n) is 3.42. The summed E-state index contributed by atoms with van der Waals surface area (Å²) in [7, 11) is 0. The Morgan fingerprint density at radius 1 is 1.89 bits per heavy atom. The van der Waals surface area contributed by atoms with Gasteiger partial charge in [0.1, 0.15) is 0 Å². The van der Waals surface area contributed by atoms with E-state index in [2.05, 4.69) is 13.5 Å². The first-order chi connectivity index (χ1) is 4.11. The van der Waals surface area contributed by atoms with Gasteiger partial charge >= 0.3 is 0 Å². The molecule has 1 saturated carbocycles. The molecule has 0 saturated heterocycles. The van der Waals surface area contributed by atoms with Crippen LogP contribution in [0.1, 0.15) is 20.3 Å². The molecule has 1 heteroatoms. The molecule has 52 valence electrons. The Bertz CT molecular complexity index is 129. The van der Waals surface area contributed by atoms with E-state index in [4.69, 9.17) is 0 Å². The van der Waals surface area contributed by atoms with Gasteiger partial charge in [0.15, 0.2) is 0 Å². The molecular formula is C8H14O. The standard InChI is InChI=1S/C8H14O/c1-4-7-5-8(7,3)6(2)9/h4,6-7,9H,1,5H2,2-3H3. The maximum Gasteiger partial charge on any atom is 0.0571 e. The molecule has 1 aliphatic carbocycles. The summed E-state index contributed by atoms with van der Waals surface area (Å²) in [5.74, 6) is 0.553. The predicted molar refractivity (Wildman–Crippen MR) is 38.1 cm³/mol. The SMILES string of the molecule is C=CC1CC1(C)C(C)O. The third-order valence-electron chi connectivity index (χ3n) is 2.59. The molecule has 0 heterocycles. The van der Waals surface area contributed by atoms with Gasteiger partial charge in [-0.05, 0) is 19.3 Å². The van der Waals surface area contributed by atoms with Gasteiger partial charge in [0.2, 0.25) is 0 Å². The third-order valence-corrected chi connectivity index (χ3v) is 2.59. The number of hydrogen-bond acceptors (Lipinski definition) is 1. The summed E-state index contributed by atoms with van der Waals surface area (Å²) in [6.07, 6.45) is 2.86. The summed E-state index contributed by atoms with van der Waals surface area (Å²) < 4.78 is 0. The van der Waals surface area contributed by atoms with Crippen molar-refractivity contribution in [3.8, 4) is 0 Å². The second-order valence-electron chi connectivity index (χ2n) is 3.23. The van der Waals surface area contributed by atoms with Gasteiger partial charge in [-0.3, -0.25) is 0 Å². The van der Waals surface area contributed by atoms with E-state index in [0.717, 1.165) is 6.42 Å². The predicted octanol–water partition coefficient (Wildman–Crippen LogP) is 1.58. The normalized spacial score (nSPS) is 44.1. The number of hydrogen-bond donors (Lipinski definition) is 1. The van der Waals surface area contributed by atoms with Crippen LogP contribution in [-0.2, 0) is 0 Å². The molecule has 1 aliphatic rings. The van der Waals surface area contributed by atoms with Crippen molar-refractivity contribution >= 4 is 0 Å². The molecule has 0 aromatic heterocycles. The summed E-state index contributed by atoms with van der Waals surface area (Å²) in [5, 5.41) is 9.21. The lowest BCUT2D eigenvalue weighted by molar-refractivity contribution is 0.115. The highest BCUT2D eigenvalue weighted by Crippen LogP contribution is 2.55. The van der Waals surface area contributed by atoms with Crippen molar-refractivity contribution in [1.82, 2.24) is 0 Å². The summed E-state index contributed by atoms with van der Waals surface area (Å²) in [6.45, 7) is 7.64. The second-order valence-corrected chi connectivity index (χ2v) is 3.23. The molecule has 3 unspecified atom stereocenters. The summed E-state index contributed by atoms with van der Waals surface area (Å²) in [5.41, 5.74) is 0.155. The fraction of sp³-hybridized carbons (Fsp3) is 0.750. The monoisotopic (exact) mass is 126 g/mol. The molecule has 0 aromatic rings. The maximum absolute atomic E-state index is 9.21. The molecule has 3 atom stereocenters. The van der Waals surface area contributed by atoms with E-state index in [1.54, 1.807) is 0 Å². The quantitative estimate of drug-likeness (QED) is 0.557. The Morgan fingerprint density at radius 3 is 2.56 bits per heavy atom. The van der Waals surface area contributed by atoms with Crippen LogP contribution in [0.5, 0.6) is 0 Å². The first kappa shape index (κ1) is 6.81. The molecule has 0 radical (unpaired) electrons. The number of rotatable bonds is 2. The number of allylic oxidation sites excluding steroid dienone is 1. The Hall–Kier alpha value is -0.300. The third kappa shape index (κ3) is 0.897. The fourth-order valence-corrected chi connectivity index (χ4v) is 1.25. The van der Waals surface area contributed by atoms with Crippen LogP contribution in [0.4, 0.5) is 0 Å². The van der Waals surface area contributed by atoms with Crippen LogP contribution in [0.15, 0.2) is 12.7 Å². The molecule has 0 aromatic carbocycles. The topological polar surface area (TPSA) is 20.2 Å². The van der Waals surface area contributed by atoms with Gasteiger partial charge in [-0.2, -0.15) is 0 Å². The van der Waals surface area contributed by atoms with Gasteiger partial charge in [-0.1, -0.05) is 13.0 Å². The van der Waals surface area contributed by atoms with Crippen LogP contribution in [0, 0.1) is 11.3 Å². The van der Waals surface area contributed by atoms with E-state index < -0.39 is 0 Å². The minimum Gasteiger partial charge on any atom is -0.393 e. The molecular weight excluding hydrogens is 112 g/mol. The Balaban J connectivity index is 2.51. The lowest BCUT2D eigenvalue weighted by atomic mass is 10.0. The summed E-state index contributed by atoms with van der Waals surface area (Å²) in [4.78, 5) is 0. The highest BCUT2D eigenvalue weighted by Gasteiger charge is 2.51. The zero-order valence-corrected chi connectivity index (χ0v) is 6.09. The molecule has 0 aliphatic heterocycles. The highest BCUT2D eigenvalue weighted by molar-refractivity contribution is 5.09. The molecule has 1 rings (SSSR count). The Labute approximate surface area is 56.4 Å². The van der Waals surface area contributed by atoms with E-state index in [1.165, 1.54) is 0 Å². The van der Waals surface area contributed by atoms with Crippen LogP contribution >= 0.6 is 0 Å². The first-order valence-corrected chi connectivity index (χ1v) is 3.42. The van der Waals surface area contributed by atoms with Crippen LogP contribution in [0.25, 0.3) is 0 Å². The van der Waals surface area contributed by atoms with Gasteiger partial charge in [0, 0.05) is 5.41 Å². The van der Waals surface area contributed by atoms with Crippen LogP contribution < -0.4 is 0 Å². The molecule has 1 fully saturated rings. The molecule has 0 amide bonds. The van der Waals surface area contributed by atoms with Gasteiger partial charge in [0.05, 0.1) is 6.10 Å². The van der Waals surface area contributed by atoms with E-state index in [-0.39, 0.29) is 11.5 Å². The van der Waals surface area contributed by atoms with Gasteiger partial charge in [0.25, 0.3) is 0 Å². The number of aliphatic hydroxyl groups excluding tert-OH is 1. The zero-order valence-electron chi connectivity index (χ0n) is 6.09. The fourth-order valence-electron chi connectivity index (χ4n) is 1.25. The molecule has 9 heavy (non-hydrogen) atoms. The minimum atomic E-state index is -0.180. The van der Waals surface area contributed by atoms with Crippen molar-refractivity contribution in [3.05, 3.63) is 12.7 Å². The Morgan fingerprint density at radius 2 is 2.44 bits per heavy atom. The van der Waals surface area contributed by atoms with E-state index in [1.807, 2.05) is 13.0 Å². The van der Waals surface area contributed by atoms with Gasteiger partial charge < -0.3 is 5.11 Å². The molecule has 0 bridgehead atoms. The highest BCUT2D eigenvalue weighted by atomic mass is 16.3. The van der Waals surface area contributed by atoms with Crippen molar-refractivity contribution in [2.24, 2.45) is 11.3 Å². The molecule has 1 N–H and O–H groups in total. The maximum atomic E-state index is 9.21. The minimum absolute atomic E-state index is 0.155. The van der Waals surface area contributed by atoms with E-state index >= 15 is 0 Å². The van der Waals surface area contributed by atoms with Crippen LogP contribution in [-0.4, -0.2) is 11.2 Å². The Kier molecular flexibility index (Phi) is 1.39. The van der Waals surface area contributed by atoms with Crippen LogP contribution in [0.2, 0.25) is 0 Å². The van der Waals surface area contributed by atoms with Crippen molar-refractivity contribution in [3.63, 3.8) is 0 Å². The lowest BCUT2D eigenvalue weighted by Crippen LogP contribution is -2.15. The molecule has 0 spiro atoms. The average Bonchev–Trinajstić information content (AvgIpc) is 2.44. The second kappa shape index (κ2) is 1.84. The number of aliphatic hydroxyl groups is 1. The molecule has 1 nitrogen and oxygen atoms in total. The lowest BCUT2D eigenvalue weighted by Gasteiger charge is -2.12. The average molecular weight is 126 g/mol. The van der Waals surface area contributed by atoms with Crippen molar-refractivity contribution < 1.29 is 5.11 Å². The van der Waals surface area contributed by atoms with Crippen molar-refractivity contribution in [2.45, 2.75) is 26.4 Å². The van der Waals surface area contributed by atoms with Crippen LogP contribution in [0.3, 0.4) is 0 Å². The van der Waals surface area contributed by atoms with Gasteiger partial charge in [-0.25, -0.2) is 0 Å². The summed E-state index contributed by atoms with van der Waals surface area (Å²) in [6, 6.07) is 0. The van der Waals surface area contributed by atoms with E-state index in [9.17, 15) is 5.11 Å². The van der Waals surface area contributed by atoms with E-state index in [0.29, 0.717) is 5.92 Å².